The van der Waals surface area contributed by atoms with Crippen molar-refractivity contribution >= 4 is 5.96 Å². The number of guanidine groups is 1. The molecule has 0 unspecified atom stereocenters. The van der Waals surface area contributed by atoms with Crippen molar-refractivity contribution in [3.8, 4) is 0 Å². The van der Waals surface area contributed by atoms with E-state index in [0.717, 1.165) is 17.2 Å². The SMILES string of the molecule is CCNC(=NCc1ccccc1Cn1cccn1)NCCc1ccc(F)cc1F. The lowest BCUT2D eigenvalue weighted by Gasteiger charge is -2.13. The van der Waals surface area contributed by atoms with Gasteiger partial charge in [-0.1, -0.05) is 30.3 Å². The minimum atomic E-state index is -0.567. The zero-order chi connectivity index (χ0) is 20.5. The topological polar surface area (TPSA) is 54.2 Å². The third kappa shape index (κ3) is 6.14. The Bertz CT molecular complexity index is 938. The number of benzene rings is 2. The molecule has 0 radical (unpaired) electrons. The Morgan fingerprint density at radius 1 is 1.03 bits per heavy atom. The van der Waals surface area contributed by atoms with Crippen LogP contribution in [0.15, 0.2) is 65.9 Å². The lowest BCUT2D eigenvalue weighted by atomic mass is 10.1. The molecule has 0 spiro atoms. The van der Waals surface area contributed by atoms with Crippen LogP contribution in [0.5, 0.6) is 0 Å². The van der Waals surface area contributed by atoms with Crippen LogP contribution in [0.3, 0.4) is 0 Å². The van der Waals surface area contributed by atoms with Gasteiger partial charge in [0.2, 0.25) is 0 Å². The Morgan fingerprint density at radius 2 is 1.86 bits per heavy atom. The van der Waals surface area contributed by atoms with Crippen molar-refractivity contribution in [1.29, 1.82) is 0 Å². The standard InChI is InChI=1S/C22H25F2N5/c1-2-25-22(26-12-10-17-8-9-20(23)14-21(17)24)27-15-18-6-3-4-7-19(18)16-29-13-5-11-28-29/h3-9,11,13-14H,2,10,12,15-16H2,1H3,(H2,25,26,27). The zero-order valence-electron chi connectivity index (χ0n) is 16.4. The fourth-order valence-corrected chi connectivity index (χ4v) is 2.98. The molecule has 2 aromatic carbocycles. The van der Waals surface area contributed by atoms with E-state index in [1.54, 1.807) is 6.20 Å². The van der Waals surface area contributed by atoms with Crippen LogP contribution >= 0.6 is 0 Å². The summed E-state index contributed by atoms with van der Waals surface area (Å²) in [5, 5.41) is 10.7. The summed E-state index contributed by atoms with van der Waals surface area (Å²) >= 11 is 0. The van der Waals surface area contributed by atoms with E-state index in [1.807, 2.05) is 36.0 Å². The van der Waals surface area contributed by atoms with E-state index in [9.17, 15) is 8.78 Å². The minimum Gasteiger partial charge on any atom is -0.357 e. The largest absolute Gasteiger partial charge is 0.357 e. The molecule has 152 valence electrons. The minimum absolute atomic E-state index is 0.437. The first kappa shape index (κ1) is 20.5. The van der Waals surface area contributed by atoms with Gasteiger partial charge in [-0.25, -0.2) is 13.8 Å². The lowest BCUT2D eigenvalue weighted by Crippen LogP contribution is -2.38. The summed E-state index contributed by atoms with van der Waals surface area (Å²) < 4.78 is 28.7. The molecule has 0 aliphatic carbocycles. The predicted molar refractivity (Wildman–Crippen MR) is 111 cm³/mol. The molecular formula is C22H25F2N5. The highest BCUT2D eigenvalue weighted by Crippen LogP contribution is 2.12. The predicted octanol–water partition coefficient (Wildman–Crippen LogP) is 3.51. The van der Waals surface area contributed by atoms with E-state index >= 15 is 0 Å². The van der Waals surface area contributed by atoms with Crippen molar-refractivity contribution < 1.29 is 8.78 Å². The lowest BCUT2D eigenvalue weighted by molar-refractivity contribution is 0.570. The van der Waals surface area contributed by atoms with Crippen LogP contribution in [0.4, 0.5) is 8.78 Å². The van der Waals surface area contributed by atoms with Crippen molar-refractivity contribution in [3.05, 3.63) is 89.2 Å². The molecule has 1 heterocycles. The number of rotatable bonds is 8. The van der Waals surface area contributed by atoms with Crippen LogP contribution in [-0.2, 0) is 19.5 Å². The maximum Gasteiger partial charge on any atom is 0.191 e. The van der Waals surface area contributed by atoms with Crippen LogP contribution in [0, 0.1) is 11.6 Å². The Labute approximate surface area is 169 Å². The smallest absolute Gasteiger partial charge is 0.191 e. The number of hydrogen-bond acceptors (Lipinski definition) is 2. The van der Waals surface area contributed by atoms with Crippen LogP contribution in [-0.4, -0.2) is 28.8 Å². The van der Waals surface area contributed by atoms with Crippen molar-refractivity contribution in [2.75, 3.05) is 13.1 Å². The maximum absolute atomic E-state index is 13.8. The van der Waals surface area contributed by atoms with Crippen LogP contribution in [0.1, 0.15) is 23.6 Å². The second-order valence-electron chi connectivity index (χ2n) is 6.58. The summed E-state index contributed by atoms with van der Waals surface area (Å²) in [5.41, 5.74) is 2.74. The Balaban J connectivity index is 1.62. The van der Waals surface area contributed by atoms with Crippen molar-refractivity contribution in [1.82, 2.24) is 20.4 Å². The van der Waals surface area contributed by atoms with Gasteiger partial charge in [-0.3, -0.25) is 4.68 Å². The quantitative estimate of drug-likeness (QED) is 0.452. The molecule has 0 saturated heterocycles. The second kappa shape index (κ2) is 10.4. The van der Waals surface area contributed by atoms with Crippen molar-refractivity contribution in [2.45, 2.75) is 26.4 Å². The van der Waals surface area contributed by atoms with Crippen LogP contribution in [0.2, 0.25) is 0 Å². The van der Waals surface area contributed by atoms with Gasteiger partial charge in [0.15, 0.2) is 5.96 Å². The monoisotopic (exact) mass is 397 g/mol. The fraction of sp³-hybridized carbons (Fsp3) is 0.273. The van der Waals surface area contributed by atoms with Gasteiger partial charge in [-0.15, -0.1) is 0 Å². The van der Waals surface area contributed by atoms with Gasteiger partial charge in [0.1, 0.15) is 11.6 Å². The molecule has 0 aliphatic heterocycles. The highest BCUT2D eigenvalue weighted by Gasteiger charge is 2.06. The second-order valence-corrected chi connectivity index (χ2v) is 6.58. The van der Waals surface area contributed by atoms with E-state index in [1.165, 1.54) is 12.1 Å². The molecule has 0 amide bonds. The first-order valence-corrected chi connectivity index (χ1v) is 9.66. The number of aliphatic imine (C=N–C) groups is 1. The molecule has 0 aliphatic rings. The molecule has 3 rings (SSSR count). The van der Waals surface area contributed by atoms with E-state index in [4.69, 9.17) is 0 Å². The molecular weight excluding hydrogens is 372 g/mol. The number of nitrogens with zero attached hydrogens (tertiary/aromatic N) is 3. The third-order valence-electron chi connectivity index (χ3n) is 4.46. The molecule has 2 N–H and O–H groups in total. The van der Waals surface area contributed by atoms with E-state index < -0.39 is 11.6 Å². The molecule has 0 atom stereocenters. The summed E-state index contributed by atoms with van der Waals surface area (Å²) in [6, 6.07) is 13.7. The van der Waals surface area contributed by atoms with Crippen LogP contribution in [0.25, 0.3) is 0 Å². The summed E-state index contributed by atoms with van der Waals surface area (Å²) in [7, 11) is 0. The molecule has 0 bridgehead atoms. The zero-order valence-corrected chi connectivity index (χ0v) is 16.4. The summed E-state index contributed by atoms with van der Waals surface area (Å²) in [5.74, 6) is -0.437. The highest BCUT2D eigenvalue weighted by molar-refractivity contribution is 5.79. The molecule has 0 fully saturated rings. The van der Waals surface area contributed by atoms with Gasteiger partial charge in [0.05, 0.1) is 13.1 Å². The highest BCUT2D eigenvalue weighted by atomic mass is 19.1. The number of halogens is 2. The van der Waals surface area contributed by atoms with Gasteiger partial charge in [-0.05, 0) is 42.2 Å². The van der Waals surface area contributed by atoms with E-state index in [2.05, 4.69) is 32.9 Å². The summed E-state index contributed by atoms with van der Waals surface area (Å²) in [6.07, 6.45) is 4.13. The van der Waals surface area contributed by atoms with Crippen LogP contribution < -0.4 is 10.6 Å². The Morgan fingerprint density at radius 3 is 2.59 bits per heavy atom. The average molecular weight is 397 g/mol. The number of nitrogens with one attached hydrogen (secondary N) is 2. The average Bonchev–Trinajstić information content (AvgIpc) is 3.22. The Kier molecular flexibility index (Phi) is 7.33. The fourth-order valence-electron chi connectivity index (χ4n) is 2.98. The van der Waals surface area contributed by atoms with Crippen molar-refractivity contribution in [2.24, 2.45) is 4.99 Å². The van der Waals surface area contributed by atoms with Gasteiger partial charge >= 0.3 is 0 Å². The third-order valence-corrected chi connectivity index (χ3v) is 4.46. The van der Waals surface area contributed by atoms with Gasteiger partial charge < -0.3 is 10.6 Å². The number of hydrogen-bond donors (Lipinski definition) is 2. The molecule has 7 heteroatoms. The summed E-state index contributed by atoms with van der Waals surface area (Å²) in [4.78, 5) is 4.65. The number of aromatic nitrogens is 2. The van der Waals surface area contributed by atoms with Gasteiger partial charge in [-0.2, -0.15) is 5.10 Å². The molecule has 0 saturated carbocycles. The molecule has 1 aromatic heterocycles. The Hall–Kier alpha value is -3.22. The first-order chi connectivity index (χ1) is 14.2. The van der Waals surface area contributed by atoms with Gasteiger partial charge in [0.25, 0.3) is 0 Å². The summed E-state index contributed by atoms with van der Waals surface area (Å²) in [6.45, 7) is 4.39. The van der Waals surface area contributed by atoms with Crippen molar-refractivity contribution in [3.63, 3.8) is 0 Å². The molecule has 5 nitrogen and oxygen atoms in total. The normalized spacial score (nSPS) is 11.5. The first-order valence-electron chi connectivity index (χ1n) is 9.66. The van der Waals surface area contributed by atoms with Gasteiger partial charge in [0, 0.05) is 31.5 Å². The van der Waals surface area contributed by atoms with E-state index in [0.29, 0.717) is 44.1 Å². The molecule has 3 aromatic rings. The molecule has 29 heavy (non-hydrogen) atoms. The maximum atomic E-state index is 13.8. The van der Waals surface area contributed by atoms with E-state index in [-0.39, 0.29) is 0 Å².